The summed E-state index contributed by atoms with van der Waals surface area (Å²) in [4.78, 5) is 28.5. The summed E-state index contributed by atoms with van der Waals surface area (Å²) in [6.07, 6.45) is 3.78. The monoisotopic (exact) mass is 286 g/mol. The smallest absolute Gasteiger partial charge is 0.299 e. The maximum atomic E-state index is 12.3. The van der Waals surface area contributed by atoms with Crippen LogP contribution in [0.3, 0.4) is 0 Å². The van der Waals surface area contributed by atoms with Gasteiger partial charge >= 0.3 is 0 Å². The number of anilines is 1. The number of hydrogen-bond acceptors (Lipinski definition) is 3. The molecule has 0 spiro atoms. The fourth-order valence-electron chi connectivity index (χ4n) is 3.31. The highest BCUT2D eigenvalue weighted by Gasteiger charge is 2.37. The second kappa shape index (κ2) is 5.60. The Morgan fingerprint density at radius 2 is 1.71 bits per heavy atom. The first-order valence-electron chi connectivity index (χ1n) is 7.78. The minimum atomic E-state index is -0.365. The summed E-state index contributed by atoms with van der Waals surface area (Å²) in [5.41, 5.74) is 3.58. The number of nitrogens with zero attached hydrogens (tertiary/aromatic N) is 2. The molecule has 0 bridgehead atoms. The van der Waals surface area contributed by atoms with Crippen LogP contribution in [0.2, 0.25) is 0 Å². The van der Waals surface area contributed by atoms with Crippen LogP contribution in [0.25, 0.3) is 0 Å². The molecule has 2 aliphatic rings. The van der Waals surface area contributed by atoms with Gasteiger partial charge in [-0.15, -0.1) is 0 Å². The van der Waals surface area contributed by atoms with Gasteiger partial charge in [-0.3, -0.25) is 9.59 Å². The van der Waals surface area contributed by atoms with Crippen molar-refractivity contribution in [2.75, 3.05) is 31.1 Å². The van der Waals surface area contributed by atoms with Crippen molar-refractivity contribution in [2.45, 2.75) is 33.1 Å². The number of likely N-dealkylation sites (tertiary alicyclic amines) is 1. The van der Waals surface area contributed by atoms with Crippen LogP contribution in [-0.2, 0) is 4.79 Å². The first-order valence-corrected chi connectivity index (χ1v) is 7.78. The van der Waals surface area contributed by atoms with Crippen molar-refractivity contribution in [2.24, 2.45) is 0 Å². The summed E-state index contributed by atoms with van der Waals surface area (Å²) < 4.78 is 0. The van der Waals surface area contributed by atoms with E-state index in [4.69, 9.17) is 0 Å². The fraction of sp³-hybridized carbons (Fsp3) is 0.529. The number of fused-ring (bicyclic) bond motifs is 1. The molecular formula is C17H22N2O2. The number of aryl methyl sites for hydroxylation is 1. The molecule has 1 aromatic rings. The Balaban J connectivity index is 1.81. The number of hydrogen-bond donors (Lipinski definition) is 0. The van der Waals surface area contributed by atoms with E-state index in [1.54, 1.807) is 11.0 Å². The number of ketones is 1. The van der Waals surface area contributed by atoms with Gasteiger partial charge in [0.15, 0.2) is 0 Å². The lowest BCUT2D eigenvalue weighted by atomic mass is 10.0. The molecule has 1 aromatic carbocycles. The van der Waals surface area contributed by atoms with Crippen LogP contribution in [0.15, 0.2) is 12.1 Å². The maximum Gasteiger partial charge on any atom is 0.299 e. The van der Waals surface area contributed by atoms with Crippen molar-refractivity contribution in [1.29, 1.82) is 0 Å². The average Bonchev–Trinajstić information content (AvgIpc) is 2.75. The fourth-order valence-corrected chi connectivity index (χ4v) is 3.31. The molecule has 1 fully saturated rings. The predicted octanol–water partition coefficient (Wildman–Crippen LogP) is 2.32. The molecule has 0 atom stereocenters. The SMILES string of the molecule is Cc1ccc2c(c1C)N(CCN1CCCCC1)C(=O)C2=O. The quantitative estimate of drug-likeness (QED) is 0.801. The second-order valence-corrected chi connectivity index (χ2v) is 6.09. The van der Waals surface area contributed by atoms with Gasteiger partial charge in [-0.05, 0) is 57.0 Å². The summed E-state index contributed by atoms with van der Waals surface area (Å²) in [5.74, 6) is -0.720. The Labute approximate surface area is 125 Å². The highest BCUT2D eigenvalue weighted by atomic mass is 16.2. The van der Waals surface area contributed by atoms with Gasteiger partial charge in [-0.25, -0.2) is 0 Å². The first kappa shape index (κ1) is 14.3. The molecular weight excluding hydrogens is 264 g/mol. The van der Waals surface area contributed by atoms with E-state index < -0.39 is 0 Å². The molecule has 3 rings (SSSR count). The summed E-state index contributed by atoms with van der Waals surface area (Å²) in [5, 5.41) is 0. The van der Waals surface area contributed by atoms with Gasteiger partial charge in [-0.2, -0.15) is 0 Å². The standard InChI is InChI=1S/C17H22N2O2/c1-12-6-7-14-15(13(12)2)19(17(21)16(14)20)11-10-18-8-4-3-5-9-18/h6-7H,3-5,8-11H2,1-2H3. The molecule has 112 valence electrons. The third-order valence-electron chi connectivity index (χ3n) is 4.74. The largest absolute Gasteiger partial charge is 0.303 e. The molecule has 4 nitrogen and oxygen atoms in total. The van der Waals surface area contributed by atoms with E-state index in [0.717, 1.165) is 36.4 Å². The zero-order chi connectivity index (χ0) is 15.0. The molecule has 1 amide bonds. The Kier molecular flexibility index (Phi) is 3.81. The Morgan fingerprint density at radius 1 is 1.00 bits per heavy atom. The van der Waals surface area contributed by atoms with Crippen molar-refractivity contribution in [3.8, 4) is 0 Å². The highest BCUT2D eigenvalue weighted by molar-refractivity contribution is 6.52. The van der Waals surface area contributed by atoms with E-state index in [-0.39, 0.29) is 11.7 Å². The lowest BCUT2D eigenvalue weighted by Gasteiger charge is -2.29. The number of amides is 1. The highest BCUT2D eigenvalue weighted by Crippen LogP contribution is 2.33. The molecule has 0 N–H and O–H groups in total. The molecule has 2 heterocycles. The zero-order valence-electron chi connectivity index (χ0n) is 12.8. The van der Waals surface area contributed by atoms with E-state index >= 15 is 0 Å². The van der Waals surface area contributed by atoms with E-state index in [9.17, 15) is 9.59 Å². The molecule has 0 aliphatic carbocycles. The number of rotatable bonds is 3. The molecule has 0 unspecified atom stereocenters. The zero-order valence-corrected chi connectivity index (χ0v) is 12.8. The number of benzene rings is 1. The lowest BCUT2D eigenvalue weighted by Crippen LogP contribution is -2.40. The minimum Gasteiger partial charge on any atom is -0.303 e. The van der Waals surface area contributed by atoms with E-state index in [0.29, 0.717) is 12.1 Å². The summed E-state index contributed by atoms with van der Waals surface area (Å²) in [6, 6.07) is 3.71. The van der Waals surface area contributed by atoms with Crippen molar-refractivity contribution in [3.63, 3.8) is 0 Å². The van der Waals surface area contributed by atoms with Crippen molar-refractivity contribution < 1.29 is 9.59 Å². The summed E-state index contributed by atoms with van der Waals surface area (Å²) >= 11 is 0. The van der Waals surface area contributed by atoms with Gasteiger partial charge < -0.3 is 9.80 Å². The van der Waals surface area contributed by atoms with Crippen molar-refractivity contribution >= 4 is 17.4 Å². The van der Waals surface area contributed by atoms with Crippen LogP contribution < -0.4 is 4.90 Å². The van der Waals surface area contributed by atoms with Gasteiger partial charge in [0, 0.05) is 13.1 Å². The van der Waals surface area contributed by atoms with Gasteiger partial charge in [-0.1, -0.05) is 12.5 Å². The minimum absolute atomic E-state index is 0.355. The molecule has 0 aromatic heterocycles. The van der Waals surface area contributed by atoms with Crippen LogP contribution in [-0.4, -0.2) is 42.8 Å². The molecule has 21 heavy (non-hydrogen) atoms. The van der Waals surface area contributed by atoms with Gasteiger partial charge in [0.05, 0.1) is 11.3 Å². The van der Waals surface area contributed by atoms with E-state index in [2.05, 4.69) is 4.90 Å². The Hall–Kier alpha value is -1.68. The average molecular weight is 286 g/mol. The Bertz CT molecular complexity index is 589. The lowest BCUT2D eigenvalue weighted by molar-refractivity contribution is -0.114. The third kappa shape index (κ3) is 2.48. The molecule has 0 radical (unpaired) electrons. The van der Waals surface area contributed by atoms with Crippen LogP contribution in [0.1, 0.15) is 40.7 Å². The molecule has 4 heteroatoms. The van der Waals surface area contributed by atoms with E-state index in [1.165, 1.54) is 19.3 Å². The van der Waals surface area contributed by atoms with Gasteiger partial charge in [0.25, 0.3) is 11.7 Å². The van der Waals surface area contributed by atoms with Gasteiger partial charge in [0.2, 0.25) is 0 Å². The van der Waals surface area contributed by atoms with Crippen molar-refractivity contribution in [3.05, 3.63) is 28.8 Å². The van der Waals surface area contributed by atoms with Crippen LogP contribution in [0.5, 0.6) is 0 Å². The Morgan fingerprint density at radius 3 is 2.43 bits per heavy atom. The number of piperidine rings is 1. The maximum absolute atomic E-state index is 12.3. The van der Waals surface area contributed by atoms with Crippen molar-refractivity contribution in [1.82, 2.24) is 4.90 Å². The summed E-state index contributed by atoms with van der Waals surface area (Å²) in [7, 11) is 0. The third-order valence-corrected chi connectivity index (χ3v) is 4.74. The number of Topliss-reactive ketones (excluding diaryl/α,β-unsaturated/α-hetero) is 1. The normalized spacial score (nSPS) is 19.2. The molecule has 1 saturated heterocycles. The molecule has 0 saturated carbocycles. The van der Waals surface area contributed by atoms with Gasteiger partial charge in [0.1, 0.15) is 0 Å². The molecule has 2 aliphatic heterocycles. The number of carbonyl (C=O) groups is 2. The number of carbonyl (C=O) groups excluding carboxylic acids is 2. The van der Waals surface area contributed by atoms with Crippen LogP contribution in [0.4, 0.5) is 5.69 Å². The van der Waals surface area contributed by atoms with E-state index in [1.807, 2.05) is 19.9 Å². The predicted molar refractivity (Wildman–Crippen MR) is 82.9 cm³/mol. The topological polar surface area (TPSA) is 40.6 Å². The second-order valence-electron chi connectivity index (χ2n) is 6.09. The van der Waals surface area contributed by atoms with Crippen LogP contribution >= 0.6 is 0 Å². The summed E-state index contributed by atoms with van der Waals surface area (Å²) in [6.45, 7) is 7.69. The van der Waals surface area contributed by atoms with Crippen LogP contribution in [0, 0.1) is 13.8 Å². The first-order chi connectivity index (χ1) is 10.1.